The number of anilines is 2. The van der Waals surface area contributed by atoms with E-state index in [4.69, 9.17) is 0 Å². The van der Waals surface area contributed by atoms with E-state index in [0.29, 0.717) is 11.7 Å². The predicted octanol–water partition coefficient (Wildman–Crippen LogP) is 4.85. The van der Waals surface area contributed by atoms with E-state index in [2.05, 4.69) is 27.4 Å². The maximum absolute atomic E-state index is 13.8. The average Bonchev–Trinajstić information content (AvgIpc) is 3.30. The maximum Gasteiger partial charge on any atom is 0.258 e. The molecule has 3 aromatic rings. The summed E-state index contributed by atoms with van der Waals surface area (Å²) in [6, 6.07) is 14.5. The van der Waals surface area contributed by atoms with Crippen LogP contribution in [-0.2, 0) is 0 Å². The van der Waals surface area contributed by atoms with Crippen molar-refractivity contribution in [1.82, 2.24) is 10.3 Å². The van der Waals surface area contributed by atoms with Gasteiger partial charge in [-0.3, -0.25) is 4.79 Å². The number of carbonyl (C=O) groups is 1. The van der Waals surface area contributed by atoms with Crippen molar-refractivity contribution in [2.45, 2.75) is 31.8 Å². The van der Waals surface area contributed by atoms with Crippen LogP contribution in [0.15, 0.2) is 60.1 Å². The summed E-state index contributed by atoms with van der Waals surface area (Å²) in [7, 11) is 0. The van der Waals surface area contributed by atoms with Gasteiger partial charge in [-0.1, -0.05) is 12.1 Å². The van der Waals surface area contributed by atoms with E-state index in [0.717, 1.165) is 36.6 Å². The zero-order chi connectivity index (χ0) is 20.9. The molecule has 1 fully saturated rings. The number of piperidine rings is 1. The summed E-state index contributed by atoms with van der Waals surface area (Å²) in [4.78, 5) is 19.0. The molecule has 5 nitrogen and oxygen atoms in total. The summed E-state index contributed by atoms with van der Waals surface area (Å²) in [6.45, 7) is 4.12. The molecule has 0 aliphatic carbocycles. The number of nitrogens with one attached hydrogen (secondary N) is 2. The van der Waals surface area contributed by atoms with Crippen LogP contribution >= 0.6 is 11.3 Å². The predicted molar refractivity (Wildman–Crippen MR) is 120 cm³/mol. The van der Waals surface area contributed by atoms with Gasteiger partial charge in [-0.2, -0.15) is 0 Å². The summed E-state index contributed by atoms with van der Waals surface area (Å²) in [5.74, 6) is -0.964. The third-order valence-electron chi connectivity index (χ3n) is 5.41. The minimum atomic E-state index is -0.521. The van der Waals surface area contributed by atoms with Crippen LogP contribution < -0.4 is 15.5 Å². The van der Waals surface area contributed by atoms with Gasteiger partial charge >= 0.3 is 0 Å². The number of amides is 1. The van der Waals surface area contributed by atoms with Crippen LogP contribution in [0, 0.1) is 5.82 Å². The van der Waals surface area contributed by atoms with Crippen LogP contribution in [0.25, 0.3) is 0 Å². The fourth-order valence-corrected chi connectivity index (χ4v) is 4.43. The van der Waals surface area contributed by atoms with Gasteiger partial charge < -0.3 is 15.5 Å². The molecule has 4 rings (SSSR count). The molecular weight excluding hydrogens is 399 g/mol. The number of aromatic nitrogens is 1. The molecule has 0 bridgehead atoms. The summed E-state index contributed by atoms with van der Waals surface area (Å²) in [5, 5.41) is 9.59. The van der Waals surface area contributed by atoms with E-state index in [-0.39, 0.29) is 11.6 Å². The fourth-order valence-electron chi connectivity index (χ4n) is 3.78. The monoisotopic (exact) mass is 424 g/mol. The SMILES string of the molecule is CC(NC1CCN(c2ccc(NC(=O)c3ccccc3F)cc2)CC1)c1nccs1. The molecular formula is C23H25FN4OS. The number of rotatable bonds is 6. The van der Waals surface area contributed by atoms with Crippen LogP contribution in [0.1, 0.15) is 41.2 Å². The van der Waals surface area contributed by atoms with Crippen LogP contribution in [0.5, 0.6) is 0 Å². The van der Waals surface area contributed by atoms with Crippen LogP contribution in [0.3, 0.4) is 0 Å². The van der Waals surface area contributed by atoms with Crippen LogP contribution in [0.4, 0.5) is 15.8 Å². The number of thiazole rings is 1. The molecule has 1 saturated heterocycles. The molecule has 1 aliphatic heterocycles. The van der Waals surface area contributed by atoms with Crippen LogP contribution in [0.2, 0.25) is 0 Å². The van der Waals surface area contributed by atoms with E-state index in [1.165, 1.54) is 12.1 Å². The average molecular weight is 425 g/mol. The Hall–Kier alpha value is -2.77. The Kier molecular flexibility index (Phi) is 6.40. The van der Waals surface area contributed by atoms with Gasteiger partial charge in [-0.15, -0.1) is 11.3 Å². The van der Waals surface area contributed by atoms with Crippen molar-refractivity contribution in [3.63, 3.8) is 0 Å². The molecule has 1 aromatic heterocycles. The summed E-state index contributed by atoms with van der Waals surface area (Å²) in [6.07, 6.45) is 3.99. The van der Waals surface area contributed by atoms with E-state index >= 15 is 0 Å². The number of hydrogen-bond acceptors (Lipinski definition) is 5. The molecule has 2 heterocycles. The number of halogens is 1. The first-order valence-electron chi connectivity index (χ1n) is 10.2. The van der Waals surface area contributed by atoms with Gasteiger partial charge in [0.15, 0.2) is 0 Å². The lowest BCUT2D eigenvalue weighted by Crippen LogP contribution is -2.43. The molecule has 1 unspecified atom stereocenters. The van der Waals surface area contributed by atoms with E-state index in [1.807, 2.05) is 35.8 Å². The Morgan fingerprint density at radius 2 is 1.90 bits per heavy atom. The summed E-state index contributed by atoms with van der Waals surface area (Å²) >= 11 is 1.69. The second-order valence-electron chi connectivity index (χ2n) is 7.50. The summed E-state index contributed by atoms with van der Waals surface area (Å²) in [5.41, 5.74) is 1.83. The molecule has 2 N–H and O–H groups in total. The lowest BCUT2D eigenvalue weighted by atomic mass is 10.0. The van der Waals surface area contributed by atoms with Crippen molar-refractivity contribution in [2.75, 3.05) is 23.3 Å². The first-order chi connectivity index (χ1) is 14.6. The smallest absolute Gasteiger partial charge is 0.258 e. The zero-order valence-corrected chi connectivity index (χ0v) is 17.7. The third-order valence-corrected chi connectivity index (χ3v) is 6.37. The van der Waals surface area contributed by atoms with E-state index in [9.17, 15) is 9.18 Å². The standard InChI is InChI=1S/C23H25FN4OS/c1-16(23-25-12-15-30-23)26-18-10-13-28(14-11-18)19-8-6-17(7-9-19)27-22(29)20-4-2-3-5-21(20)24/h2-9,12,15-16,18,26H,10-11,13-14H2,1H3,(H,27,29). The van der Waals surface area contributed by atoms with Crippen molar-refractivity contribution < 1.29 is 9.18 Å². The Morgan fingerprint density at radius 3 is 2.57 bits per heavy atom. The molecule has 1 atom stereocenters. The highest BCUT2D eigenvalue weighted by atomic mass is 32.1. The normalized spacial score (nSPS) is 15.7. The van der Waals surface area contributed by atoms with E-state index in [1.54, 1.807) is 23.5 Å². The molecule has 0 saturated carbocycles. The maximum atomic E-state index is 13.8. The minimum absolute atomic E-state index is 0.0446. The quantitative estimate of drug-likeness (QED) is 0.594. The second kappa shape index (κ2) is 9.36. The topological polar surface area (TPSA) is 57.3 Å². The highest BCUT2D eigenvalue weighted by Crippen LogP contribution is 2.24. The molecule has 2 aromatic carbocycles. The third kappa shape index (κ3) is 4.86. The van der Waals surface area contributed by atoms with E-state index < -0.39 is 11.7 Å². The van der Waals surface area contributed by atoms with Gasteiger partial charge in [0.1, 0.15) is 10.8 Å². The lowest BCUT2D eigenvalue weighted by molar-refractivity contribution is 0.102. The van der Waals surface area contributed by atoms with Crippen molar-refractivity contribution in [3.05, 3.63) is 76.5 Å². The highest BCUT2D eigenvalue weighted by molar-refractivity contribution is 7.09. The van der Waals surface area contributed by atoms with Gasteiger partial charge in [0.25, 0.3) is 5.91 Å². The van der Waals surface area contributed by atoms with Gasteiger partial charge in [0.2, 0.25) is 0 Å². The Morgan fingerprint density at radius 1 is 1.17 bits per heavy atom. The zero-order valence-electron chi connectivity index (χ0n) is 16.8. The Bertz CT molecular complexity index is 969. The molecule has 30 heavy (non-hydrogen) atoms. The fraction of sp³-hybridized carbons (Fsp3) is 0.304. The first-order valence-corrected chi connectivity index (χ1v) is 11.0. The Labute approximate surface area is 180 Å². The van der Waals surface area contributed by atoms with Gasteiger partial charge in [-0.25, -0.2) is 9.37 Å². The number of hydrogen-bond donors (Lipinski definition) is 2. The van der Waals surface area contributed by atoms with Crippen molar-refractivity contribution in [2.24, 2.45) is 0 Å². The molecule has 1 amide bonds. The minimum Gasteiger partial charge on any atom is -0.371 e. The number of carbonyl (C=O) groups excluding carboxylic acids is 1. The number of nitrogens with zero attached hydrogens (tertiary/aromatic N) is 2. The highest BCUT2D eigenvalue weighted by Gasteiger charge is 2.22. The molecule has 1 aliphatic rings. The number of benzene rings is 2. The molecule has 156 valence electrons. The molecule has 0 spiro atoms. The molecule has 0 radical (unpaired) electrons. The van der Waals surface area contributed by atoms with Crippen molar-refractivity contribution >= 4 is 28.6 Å². The van der Waals surface area contributed by atoms with Gasteiger partial charge in [0.05, 0.1) is 11.6 Å². The van der Waals surface area contributed by atoms with Crippen molar-refractivity contribution in [1.29, 1.82) is 0 Å². The first kappa shape index (κ1) is 20.5. The van der Waals surface area contributed by atoms with Crippen molar-refractivity contribution in [3.8, 4) is 0 Å². The molecule has 7 heteroatoms. The largest absolute Gasteiger partial charge is 0.371 e. The van der Waals surface area contributed by atoms with Gasteiger partial charge in [0, 0.05) is 42.1 Å². The van der Waals surface area contributed by atoms with Gasteiger partial charge in [-0.05, 0) is 56.2 Å². The lowest BCUT2D eigenvalue weighted by Gasteiger charge is -2.35. The summed E-state index contributed by atoms with van der Waals surface area (Å²) < 4.78 is 13.8. The second-order valence-corrected chi connectivity index (χ2v) is 8.43. The van der Waals surface area contributed by atoms with Crippen LogP contribution in [-0.4, -0.2) is 30.0 Å². The Balaban J connectivity index is 1.29.